The zero-order chi connectivity index (χ0) is 30.2. The van der Waals surface area contributed by atoms with Crippen molar-refractivity contribution in [3.63, 3.8) is 0 Å². The maximum Gasteiger partial charge on any atom is 0.247 e. The second-order valence-corrected chi connectivity index (χ2v) is 11.2. The molecule has 2 amide bonds. The van der Waals surface area contributed by atoms with Crippen molar-refractivity contribution >= 4 is 29.7 Å². The van der Waals surface area contributed by atoms with Crippen molar-refractivity contribution in [2.45, 2.75) is 76.2 Å². The molecule has 2 aromatic carbocycles. The third-order valence-corrected chi connectivity index (χ3v) is 8.10. The number of carbonyl (C=O) groups excluding carboxylic acids is 3. The number of nitrogens with one attached hydrogen (secondary N) is 1. The summed E-state index contributed by atoms with van der Waals surface area (Å²) in [4.78, 5) is 40.5. The van der Waals surface area contributed by atoms with Crippen LogP contribution >= 0.6 is 11.6 Å². The first kappa shape index (κ1) is 31.5. The Labute approximate surface area is 251 Å². The molecule has 0 aromatic heterocycles. The number of ether oxygens (including phenoxy) is 2. The number of aliphatic hydroxyl groups is 2. The van der Waals surface area contributed by atoms with Gasteiger partial charge in [0.1, 0.15) is 18.5 Å². The molecule has 0 unspecified atom stereocenters. The molecule has 9 nitrogen and oxygen atoms in total. The number of hydrogen-bond acceptors (Lipinski definition) is 7. The summed E-state index contributed by atoms with van der Waals surface area (Å²) in [7, 11) is 1.45. The van der Waals surface area contributed by atoms with Gasteiger partial charge in [-0.05, 0) is 42.3 Å². The van der Waals surface area contributed by atoms with Crippen LogP contribution in [0.2, 0.25) is 5.02 Å². The van der Waals surface area contributed by atoms with Gasteiger partial charge in [0.05, 0.1) is 25.7 Å². The Hall–Kier alpha value is -3.40. The number of aldehydes is 1. The number of carbonyl (C=O) groups is 3. The van der Waals surface area contributed by atoms with Gasteiger partial charge in [-0.3, -0.25) is 14.4 Å². The number of nitrogens with zero attached hydrogens (tertiary/aromatic N) is 1. The smallest absolute Gasteiger partial charge is 0.247 e. The summed E-state index contributed by atoms with van der Waals surface area (Å²) in [6.45, 7) is 2.10. The minimum absolute atomic E-state index is 0.0252. The van der Waals surface area contributed by atoms with E-state index in [9.17, 15) is 24.6 Å². The van der Waals surface area contributed by atoms with Gasteiger partial charge in [0, 0.05) is 41.2 Å². The Bertz CT molecular complexity index is 1300. The van der Waals surface area contributed by atoms with Gasteiger partial charge in [-0.1, -0.05) is 56.3 Å². The van der Waals surface area contributed by atoms with Gasteiger partial charge in [-0.2, -0.15) is 0 Å². The van der Waals surface area contributed by atoms with Gasteiger partial charge in [-0.15, -0.1) is 0 Å². The normalized spacial score (nSPS) is 20.5. The van der Waals surface area contributed by atoms with Crippen LogP contribution in [0.1, 0.15) is 72.9 Å². The highest BCUT2D eigenvalue weighted by atomic mass is 35.5. The molecule has 1 aliphatic carbocycles. The molecule has 3 N–H and O–H groups in total. The fraction of sp³-hybridized carbons (Fsp3) is 0.469. The molecule has 1 heterocycles. The van der Waals surface area contributed by atoms with Gasteiger partial charge in [0.15, 0.2) is 11.5 Å². The highest BCUT2D eigenvalue weighted by Gasteiger charge is 2.51. The first-order chi connectivity index (χ1) is 20.3. The van der Waals surface area contributed by atoms with Gasteiger partial charge >= 0.3 is 0 Å². The summed E-state index contributed by atoms with van der Waals surface area (Å²) in [6, 6.07) is 9.43. The minimum atomic E-state index is -1.20. The van der Waals surface area contributed by atoms with Crippen molar-refractivity contribution in [2.75, 3.05) is 20.3 Å². The molecule has 226 valence electrons. The molecular weight excluding hydrogens is 560 g/mol. The molecule has 2 aromatic rings. The van der Waals surface area contributed by atoms with E-state index in [1.807, 2.05) is 12.1 Å². The second kappa shape index (κ2) is 14.7. The highest BCUT2D eigenvalue weighted by molar-refractivity contribution is 6.30. The summed E-state index contributed by atoms with van der Waals surface area (Å²) in [5.41, 5.74) is 1.98. The molecular formula is C32H39ClN2O7. The molecule has 2 aliphatic rings. The molecule has 10 heteroatoms. The molecule has 4 atom stereocenters. The Morgan fingerprint density at radius 1 is 1.14 bits per heavy atom. The quantitative estimate of drug-likeness (QED) is 0.220. The number of rotatable bonds is 14. The second-order valence-electron chi connectivity index (χ2n) is 10.7. The first-order valence-electron chi connectivity index (χ1n) is 14.5. The van der Waals surface area contributed by atoms with E-state index < -0.39 is 30.1 Å². The maximum atomic E-state index is 13.8. The van der Waals surface area contributed by atoms with E-state index >= 15 is 0 Å². The maximum absolute atomic E-state index is 13.8. The van der Waals surface area contributed by atoms with Gasteiger partial charge in [0.25, 0.3) is 0 Å². The van der Waals surface area contributed by atoms with E-state index in [2.05, 4.69) is 12.2 Å². The SMILES string of the molecule is CCCCCCCC(=O)N(Cc1ccc(Cl)cc1)[C@@H]1C=C(C(=O)NCCO)[C@@H]2c3cc(C=O)cc(OC)c3O[C@@H]2[C@H]1O. The molecule has 0 bridgehead atoms. The lowest BCUT2D eigenvalue weighted by Crippen LogP contribution is -2.55. The lowest BCUT2D eigenvalue weighted by atomic mass is 9.77. The standard InChI is InChI=1S/C32H39ClN2O7/c1-3-4-5-6-7-8-27(38)35(18-20-9-11-22(33)12-10-20)25-17-24(32(40)34-13-14-36)28-23-15-21(19-37)16-26(41-2)30(23)42-31(28)29(25)39/h9-12,15-17,19,25,28-29,31,36,39H,3-8,13-14,18H2,1-2H3,(H,34,40)/t25-,28+,29+,31+/m1/s1. The summed E-state index contributed by atoms with van der Waals surface area (Å²) >= 11 is 6.10. The lowest BCUT2D eigenvalue weighted by Gasteiger charge is -2.41. The van der Waals surface area contributed by atoms with Crippen molar-refractivity contribution < 1.29 is 34.1 Å². The van der Waals surface area contributed by atoms with E-state index in [1.54, 1.807) is 29.2 Å². The number of methoxy groups -OCH3 is 1. The zero-order valence-corrected chi connectivity index (χ0v) is 24.8. The number of aliphatic hydroxyl groups excluding tert-OH is 2. The van der Waals surface area contributed by atoms with Crippen LogP contribution in [-0.4, -0.2) is 71.7 Å². The number of unbranched alkanes of at least 4 members (excludes halogenated alkanes) is 4. The van der Waals surface area contributed by atoms with Crippen molar-refractivity contribution in [3.05, 3.63) is 69.8 Å². The monoisotopic (exact) mass is 598 g/mol. The number of fused-ring (bicyclic) bond motifs is 3. The van der Waals surface area contributed by atoms with E-state index in [1.165, 1.54) is 13.2 Å². The molecule has 1 aliphatic heterocycles. The van der Waals surface area contributed by atoms with Crippen molar-refractivity contribution in [1.29, 1.82) is 0 Å². The lowest BCUT2D eigenvalue weighted by molar-refractivity contribution is -0.138. The Balaban J connectivity index is 1.74. The fourth-order valence-corrected chi connectivity index (χ4v) is 5.85. The van der Waals surface area contributed by atoms with E-state index in [-0.39, 0.29) is 31.2 Å². The van der Waals surface area contributed by atoms with Crippen molar-refractivity contribution in [2.24, 2.45) is 0 Å². The van der Waals surface area contributed by atoms with Crippen LogP contribution in [0.4, 0.5) is 0 Å². The van der Waals surface area contributed by atoms with Crippen LogP contribution in [0.25, 0.3) is 0 Å². The Morgan fingerprint density at radius 2 is 1.88 bits per heavy atom. The van der Waals surface area contributed by atoms with E-state index in [0.29, 0.717) is 46.8 Å². The van der Waals surface area contributed by atoms with Crippen molar-refractivity contribution in [1.82, 2.24) is 10.2 Å². The van der Waals surface area contributed by atoms with Crippen LogP contribution in [0.15, 0.2) is 48.0 Å². The van der Waals surface area contributed by atoms with Gasteiger partial charge < -0.3 is 29.9 Å². The molecule has 0 saturated heterocycles. The van der Waals surface area contributed by atoms with E-state index in [0.717, 1.165) is 31.2 Å². The summed E-state index contributed by atoms with van der Waals surface area (Å²) in [6.07, 6.45) is 5.37. The molecule has 0 fully saturated rings. The molecule has 4 rings (SSSR count). The number of hydrogen-bond donors (Lipinski definition) is 3. The van der Waals surface area contributed by atoms with Crippen LogP contribution in [0.5, 0.6) is 11.5 Å². The van der Waals surface area contributed by atoms with Gasteiger partial charge in [-0.25, -0.2) is 0 Å². The Morgan fingerprint density at radius 3 is 2.55 bits per heavy atom. The largest absolute Gasteiger partial charge is 0.493 e. The summed E-state index contributed by atoms with van der Waals surface area (Å²) in [5.74, 6) is -0.678. The molecule has 0 radical (unpaired) electrons. The third kappa shape index (κ3) is 6.97. The fourth-order valence-electron chi connectivity index (χ4n) is 5.73. The zero-order valence-electron chi connectivity index (χ0n) is 24.1. The Kier molecular flexibility index (Phi) is 11.0. The average molecular weight is 599 g/mol. The van der Waals surface area contributed by atoms with Crippen LogP contribution in [-0.2, 0) is 16.1 Å². The number of amides is 2. The topological polar surface area (TPSA) is 125 Å². The van der Waals surface area contributed by atoms with Crippen molar-refractivity contribution in [3.8, 4) is 11.5 Å². The van der Waals surface area contributed by atoms with Crippen LogP contribution in [0.3, 0.4) is 0 Å². The summed E-state index contributed by atoms with van der Waals surface area (Å²) in [5, 5.41) is 24.4. The van der Waals surface area contributed by atoms with E-state index in [4.69, 9.17) is 21.1 Å². The van der Waals surface area contributed by atoms with Crippen LogP contribution in [0, 0.1) is 0 Å². The molecule has 0 saturated carbocycles. The third-order valence-electron chi connectivity index (χ3n) is 7.85. The van der Waals surface area contributed by atoms with Gasteiger partial charge in [0.2, 0.25) is 11.8 Å². The van der Waals surface area contributed by atoms with Crippen LogP contribution < -0.4 is 14.8 Å². The molecule has 0 spiro atoms. The molecule has 42 heavy (non-hydrogen) atoms. The number of halogens is 1. The first-order valence-corrected chi connectivity index (χ1v) is 14.9. The minimum Gasteiger partial charge on any atom is -0.493 e. The summed E-state index contributed by atoms with van der Waals surface area (Å²) < 4.78 is 11.7. The number of benzene rings is 2. The predicted molar refractivity (Wildman–Crippen MR) is 159 cm³/mol. The average Bonchev–Trinajstić information content (AvgIpc) is 3.39. The predicted octanol–water partition coefficient (Wildman–Crippen LogP) is 4.17. The highest BCUT2D eigenvalue weighted by Crippen LogP contribution is 2.51.